The second-order valence-corrected chi connectivity index (χ2v) is 8.00. The molecule has 1 amide bonds. The summed E-state index contributed by atoms with van der Waals surface area (Å²) in [7, 11) is 1.92. The molecule has 4 nitrogen and oxygen atoms in total. The van der Waals surface area contributed by atoms with Gasteiger partial charge in [0, 0.05) is 35.3 Å². The topological polar surface area (TPSA) is 46.9 Å². The minimum Gasteiger partial charge on any atom is -0.329 e. The van der Waals surface area contributed by atoms with Crippen LogP contribution in [0.25, 0.3) is 0 Å². The quantitative estimate of drug-likeness (QED) is 0.646. The number of imidazole rings is 1. The van der Waals surface area contributed by atoms with E-state index < -0.39 is 0 Å². The van der Waals surface area contributed by atoms with Crippen molar-refractivity contribution in [1.82, 2.24) is 9.55 Å². The van der Waals surface area contributed by atoms with Crippen LogP contribution in [0.4, 0.5) is 10.1 Å². The molecule has 0 saturated heterocycles. The first-order valence-electron chi connectivity index (χ1n) is 8.52. The lowest BCUT2D eigenvalue weighted by atomic mass is 10.1. The first kappa shape index (κ1) is 18.1. The average Bonchev–Trinajstić information content (AvgIpc) is 3.35. The highest BCUT2D eigenvalue weighted by molar-refractivity contribution is 7.99. The Hall–Kier alpha value is -2.31. The van der Waals surface area contributed by atoms with Gasteiger partial charge in [0.25, 0.3) is 0 Å². The van der Waals surface area contributed by atoms with E-state index in [-0.39, 0.29) is 23.6 Å². The van der Waals surface area contributed by atoms with Crippen molar-refractivity contribution in [3.8, 4) is 0 Å². The van der Waals surface area contributed by atoms with Crippen LogP contribution in [0, 0.1) is 11.7 Å². The van der Waals surface area contributed by atoms with E-state index in [2.05, 4.69) is 10.3 Å². The lowest BCUT2D eigenvalue weighted by Gasteiger charge is -2.11. The molecule has 1 aromatic heterocycles. The van der Waals surface area contributed by atoms with Gasteiger partial charge in [-0.15, -0.1) is 0 Å². The fourth-order valence-electron chi connectivity index (χ4n) is 3.03. The van der Waals surface area contributed by atoms with Gasteiger partial charge in [-0.05, 0) is 60.0 Å². The number of aromatic nitrogens is 2. The molecule has 2 atom stereocenters. The lowest BCUT2D eigenvalue weighted by Crippen LogP contribution is -2.15. The maximum absolute atomic E-state index is 13.1. The monoisotopic (exact) mass is 401 g/mol. The van der Waals surface area contributed by atoms with Gasteiger partial charge in [0.05, 0.1) is 5.69 Å². The minimum atomic E-state index is -0.268. The smallest absolute Gasteiger partial charge is 0.228 e. The predicted octanol–water partition coefficient (Wildman–Crippen LogP) is 5.11. The van der Waals surface area contributed by atoms with Gasteiger partial charge in [0.2, 0.25) is 5.91 Å². The van der Waals surface area contributed by atoms with Crippen molar-refractivity contribution in [2.45, 2.75) is 22.4 Å². The summed E-state index contributed by atoms with van der Waals surface area (Å²) >= 11 is 7.60. The molecule has 3 aromatic rings. The number of carbonyl (C=O) groups is 1. The predicted molar refractivity (Wildman–Crippen MR) is 105 cm³/mol. The maximum Gasteiger partial charge on any atom is 0.228 e. The van der Waals surface area contributed by atoms with Crippen molar-refractivity contribution in [3.05, 3.63) is 71.3 Å². The molecule has 1 aliphatic carbocycles. The van der Waals surface area contributed by atoms with E-state index in [0.29, 0.717) is 10.7 Å². The third-order valence-electron chi connectivity index (χ3n) is 4.60. The van der Waals surface area contributed by atoms with Gasteiger partial charge in [0.1, 0.15) is 5.82 Å². The van der Waals surface area contributed by atoms with Crippen molar-refractivity contribution in [2.75, 3.05) is 5.32 Å². The Morgan fingerprint density at radius 2 is 2.07 bits per heavy atom. The van der Waals surface area contributed by atoms with Crippen LogP contribution in [0.3, 0.4) is 0 Å². The largest absolute Gasteiger partial charge is 0.329 e. The van der Waals surface area contributed by atoms with E-state index in [1.165, 1.54) is 23.9 Å². The Morgan fingerprint density at radius 1 is 1.30 bits per heavy atom. The average molecular weight is 402 g/mol. The zero-order chi connectivity index (χ0) is 19.0. The summed E-state index contributed by atoms with van der Waals surface area (Å²) in [5.74, 6) is -0.292. The Bertz CT molecular complexity index is 989. The van der Waals surface area contributed by atoms with E-state index in [1.54, 1.807) is 30.5 Å². The number of halogens is 2. The molecule has 1 heterocycles. The van der Waals surface area contributed by atoms with Crippen LogP contribution in [0.5, 0.6) is 0 Å². The minimum absolute atomic E-state index is 0.0479. The van der Waals surface area contributed by atoms with Crippen LogP contribution in [0.2, 0.25) is 5.02 Å². The zero-order valence-corrected chi connectivity index (χ0v) is 16.1. The Labute approximate surface area is 165 Å². The molecular formula is C20H17ClFN3OS. The highest BCUT2D eigenvalue weighted by Crippen LogP contribution is 2.48. The van der Waals surface area contributed by atoms with Crippen molar-refractivity contribution in [2.24, 2.45) is 13.0 Å². The number of carbonyl (C=O) groups excluding carboxylic acids is 1. The number of hydrogen-bond donors (Lipinski definition) is 1. The number of aryl methyl sites for hydroxylation is 1. The van der Waals surface area contributed by atoms with Gasteiger partial charge in [-0.25, -0.2) is 9.37 Å². The van der Waals surface area contributed by atoms with E-state index in [0.717, 1.165) is 22.0 Å². The summed E-state index contributed by atoms with van der Waals surface area (Å²) in [6.45, 7) is 0. The van der Waals surface area contributed by atoms with Crippen LogP contribution in [-0.2, 0) is 11.8 Å². The molecule has 4 rings (SSSR count). The van der Waals surface area contributed by atoms with Gasteiger partial charge in [-0.3, -0.25) is 4.79 Å². The number of anilines is 1. The first-order chi connectivity index (χ1) is 13.0. The van der Waals surface area contributed by atoms with E-state index >= 15 is 0 Å². The van der Waals surface area contributed by atoms with Crippen LogP contribution in [-0.4, -0.2) is 15.5 Å². The van der Waals surface area contributed by atoms with Crippen molar-refractivity contribution >= 4 is 35.0 Å². The van der Waals surface area contributed by atoms with Crippen LogP contribution < -0.4 is 5.32 Å². The molecule has 0 aliphatic heterocycles. The third kappa shape index (κ3) is 4.01. The molecule has 1 aliphatic rings. The zero-order valence-electron chi connectivity index (χ0n) is 14.5. The molecule has 0 radical (unpaired) electrons. The molecule has 138 valence electrons. The van der Waals surface area contributed by atoms with Crippen molar-refractivity contribution in [3.63, 3.8) is 0 Å². The number of benzene rings is 2. The molecule has 1 N–H and O–H groups in total. The number of hydrogen-bond acceptors (Lipinski definition) is 3. The molecule has 7 heteroatoms. The summed E-state index contributed by atoms with van der Waals surface area (Å²) in [5, 5.41) is 4.38. The van der Waals surface area contributed by atoms with E-state index in [1.807, 2.05) is 23.9 Å². The van der Waals surface area contributed by atoms with E-state index in [4.69, 9.17) is 11.6 Å². The highest BCUT2D eigenvalue weighted by Gasteiger charge is 2.44. The molecule has 27 heavy (non-hydrogen) atoms. The molecule has 0 spiro atoms. The van der Waals surface area contributed by atoms with Gasteiger partial charge in [0.15, 0.2) is 5.16 Å². The van der Waals surface area contributed by atoms with Gasteiger partial charge < -0.3 is 9.88 Å². The van der Waals surface area contributed by atoms with Crippen LogP contribution in [0.1, 0.15) is 17.9 Å². The summed E-state index contributed by atoms with van der Waals surface area (Å²) in [4.78, 5) is 17.9. The van der Waals surface area contributed by atoms with Crippen LogP contribution >= 0.6 is 23.4 Å². The number of nitrogens with zero attached hydrogens (tertiary/aromatic N) is 2. The fourth-order valence-corrected chi connectivity index (χ4v) is 4.07. The number of amides is 1. The van der Waals surface area contributed by atoms with Crippen LogP contribution in [0.15, 0.2) is 64.9 Å². The normalized spacial score (nSPS) is 18.3. The molecule has 2 aromatic carbocycles. The van der Waals surface area contributed by atoms with Gasteiger partial charge in [-0.1, -0.05) is 23.7 Å². The Morgan fingerprint density at radius 3 is 2.78 bits per heavy atom. The molecule has 2 unspecified atom stereocenters. The second-order valence-electron chi connectivity index (χ2n) is 6.55. The highest BCUT2D eigenvalue weighted by atomic mass is 35.5. The second kappa shape index (κ2) is 7.37. The van der Waals surface area contributed by atoms with Crippen molar-refractivity contribution in [1.29, 1.82) is 0 Å². The molecule has 1 saturated carbocycles. The fraction of sp³-hybridized carbons (Fsp3) is 0.200. The number of rotatable bonds is 5. The lowest BCUT2D eigenvalue weighted by molar-refractivity contribution is -0.117. The van der Waals surface area contributed by atoms with Gasteiger partial charge >= 0.3 is 0 Å². The number of nitrogens with one attached hydrogen (secondary N) is 1. The van der Waals surface area contributed by atoms with E-state index in [9.17, 15) is 9.18 Å². The van der Waals surface area contributed by atoms with Crippen molar-refractivity contribution < 1.29 is 9.18 Å². The maximum atomic E-state index is 13.1. The Balaban J connectivity index is 1.49. The summed E-state index contributed by atoms with van der Waals surface area (Å²) in [6.07, 6.45) is 4.36. The van der Waals surface area contributed by atoms with Gasteiger partial charge in [-0.2, -0.15) is 0 Å². The molecule has 1 fully saturated rings. The standard InChI is InChI=1S/C20H17ClFN3OS/c1-25-9-8-23-20(25)27-18-7-4-13(21)10-17(18)24-19(26)16-11-15(16)12-2-5-14(22)6-3-12/h2-10,15-16H,11H2,1H3,(H,24,26). The third-order valence-corrected chi connectivity index (χ3v) is 5.99. The molecular weight excluding hydrogens is 385 g/mol. The summed E-state index contributed by atoms with van der Waals surface area (Å²) in [5.41, 5.74) is 1.66. The Kier molecular flexibility index (Phi) is 4.93. The molecule has 0 bridgehead atoms. The first-order valence-corrected chi connectivity index (χ1v) is 9.72. The SMILES string of the molecule is Cn1ccnc1Sc1ccc(Cl)cc1NC(=O)C1CC1c1ccc(F)cc1. The summed E-state index contributed by atoms with van der Waals surface area (Å²) in [6, 6.07) is 11.8. The summed E-state index contributed by atoms with van der Waals surface area (Å²) < 4.78 is 15.0.